The van der Waals surface area contributed by atoms with Crippen LogP contribution in [0.5, 0.6) is 0 Å². The Kier molecular flexibility index (Phi) is 4.09. The van der Waals surface area contributed by atoms with Crippen molar-refractivity contribution >= 4 is 5.97 Å². The molecule has 1 N–H and O–H groups in total. The molecule has 1 heterocycles. The first-order valence-corrected chi connectivity index (χ1v) is 10.3. The quantitative estimate of drug-likeness (QED) is 0.797. The summed E-state index contributed by atoms with van der Waals surface area (Å²) in [5.41, 5.74) is 1.18. The molecule has 0 radical (unpaired) electrons. The number of likely N-dealkylation sites (tertiary alicyclic amines) is 1. The first kappa shape index (κ1) is 16.8. The van der Waals surface area contributed by atoms with Crippen molar-refractivity contribution in [2.75, 3.05) is 13.1 Å². The lowest BCUT2D eigenvalue weighted by Gasteiger charge is -2.37. The minimum atomic E-state index is -0.285. The molecule has 1 saturated heterocycles. The molecule has 0 aromatic heterocycles. The average molecular weight is 355 g/mol. The van der Waals surface area contributed by atoms with Crippen molar-refractivity contribution in [2.45, 2.75) is 57.3 Å². The molecule has 1 aliphatic heterocycles. The Hall–Kier alpha value is -1.39. The molecular weight excluding hydrogens is 326 g/mol. The highest BCUT2D eigenvalue weighted by molar-refractivity contribution is 5.76. The van der Waals surface area contributed by atoms with E-state index in [9.17, 15) is 9.90 Å². The lowest BCUT2D eigenvalue weighted by molar-refractivity contribution is -0.151. The van der Waals surface area contributed by atoms with Gasteiger partial charge in [0.25, 0.3) is 0 Å². The van der Waals surface area contributed by atoms with Crippen LogP contribution in [0.4, 0.5) is 0 Å². The number of benzene rings is 1. The summed E-state index contributed by atoms with van der Waals surface area (Å²) in [6.45, 7) is 1.87. The molecule has 4 nitrogen and oxygen atoms in total. The molecule has 140 valence electrons. The minimum Gasteiger partial charge on any atom is -0.460 e. The maximum absolute atomic E-state index is 12.6. The first-order chi connectivity index (χ1) is 12.7. The number of carbonyl (C=O) groups is 1. The molecular formula is C22H29NO3. The molecule has 6 rings (SSSR count). The van der Waals surface area contributed by atoms with Crippen LogP contribution in [-0.2, 0) is 16.1 Å². The maximum Gasteiger partial charge on any atom is 0.323 e. The van der Waals surface area contributed by atoms with Gasteiger partial charge in [0, 0.05) is 12.0 Å². The molecule has 5 fully saturated rings. The van der Waals surface area contributed by atoms with Crippen molar-refractivity contribution in [1.29, 1.82) is 0 Å². The Morgan fingerprint density at radius 2 is 1.96 bits per heavy atom. The van der Waals surface area contributed by atoms with Gasteiger partial charge in [-0.1, -0.05) is 30.3 Å². The van der Waals surface area contributed by atoms with Gasteiger partial charge in [0.05, 0.1) is 6.10 Å². The zero-order chi connectivity index (χ0) is 17.7. The SMILES string of the molecule is O=C(OCc1ccccc1)[C@@H]1CCCN1CC(O)C12CC3CC1CC3C2. The summed E-state index contributed by atoms with van der Waals surface area (Å²) in [4.78, 5) is 14.8. The van der Waals surface area contributed by atoms with Gasteiger partial charge in [0.1, 0.15) is 12.6 Å². The summed E-state index contributed by atoms with van der Waals surface area (Å²) >= 11 is 0. The monoisotopic (exact) mass is 355 g/mol. The fourth-order valence-electron chi connectivity index (χ4n) is 6.66. The van der Waals surface area contributed by atoms with Gasteiger partial charge in [0.15, 0.2) is 0 Å². The van der Waals surface area contributed by atoms with Crippen molar-refractivity contribution in [3.63, 3.8) is 0 Å². The van der Waals surface area contributed by atoms with E-state index in [2.05, 4.69) is 4.90 Å². The Bertz CT molecular complexity index is 661. The third kappa shape index (κ3) is 2.61. The predicted octanol–water partition coefficient (Wildman–Crippen LogP) is 2.99. The molecule has 1 aromatic rings. The minimum absolute atomic E-state index is 0.129. The van der Waals surface area contributed by atoms with Crippen LogP contribution in [0.3, 0.4) is 0 Å². The number of hydrogen-bond donors (Lipinski definition) is 1. The van der Waals surface area contributed by atoms with Crippen molar-refractivity contribution in [3.8, 4) is 0 Å². The number of aliphatic hydroxyl groups is 1. The van der Waals surface area contributed by atoms with Crippen LogP contribution in [0.25, 0.3) is 0 Å². The van der Waals surface area contributed by atoms with Crippen LogP contribution < -0.4 is 0 Å². The molecule has 1 aromatic carbocycles. The van der Waals surface area contributed by atoms with Crippen LogP contribution in [-0.4, -0.2) is 41.2 Å². The number of aliphatic hydroxyl groups excluding tert-OH is 1. The normalized spacial score (nSPS) is 39.0. The van der Waals surface area contributed by atoms with E-state index in [1.165, 1.54) is 25.7 Å². The van der Waals surface area contributed by atoms with E-state index < -0.39 is 0 Å². The van der Waals surface area contributed by atoms with E-state index in [0.717, 1.165) is 42.7 Å². The third-order valence-corrected chi connectivity index (χ3v) is 7.87. The second kappa shape index (κ2) is 6.35. The highest BCUT2D eigenvalue weighted by Gasteiger charge is 2.65. The Morgan fingerprint density at radius 3 is 2.62 bits per heavy atom. The number of nitrogens with zero attached hydrogens (tertiary/aromatic N) is 1. The summed E-state index contributed by atoms with van der Waals surface area (Å²) in [5.74, 6) is 2.36. The van der Waals surface area contributed by atoms with Crippen LogP contribution in [0.15, 0.2) is 30.3 Å². The van der Waals surface area contributed by atoms with Crippen molar-refractivity contribution in [1.82, 2.24) is 4.90 Å². The van der Waals surface area contributed by atoms with Crippen molar-refractivity contribution in [2.24, 2.45) is 23.2 Å². The van der Waals surface area contributed by atoms with E-state index in [1.54, 1.807) is 0 Å². The molecule has 0 amide bonds. The summed E-state index contributed by atoms with van der Waals surface area (Å²) < 4.78 is 5.58. The summed E-state index contributed by atoms with van der Waals surface area (Å²) in [6.07, 6.45) is 6.70. The van der Waals surface area contributed by atoms with Gasteiger partial charge in [-0.3, -0.25) is 9.69 Å². The van der Waals surface area contributed by atoms with Crippen LogP contribution in [0, 0.1) is 23.2 Å². The number of ether oxygens (including phenoxy) is 1. The number of β-amino-alcohol motifs (C(OH)–C–C–N with tert-alkyl or cyclic N) is 1. The Morgan fingerprint density at radius 1 is 1.23 bits per heavy atom. The van der Waals surface area contributed by atoms with E-state index in [1.807, 2.05) is 30.3 Å². The molecule has 4 aliphatic carbocycles. The topological polar surface area (TPSA) is 49.8 Å². The molecule has 5 aliphatic rings. The van der Waals surface area contributed by atoms with E-state index >= 15 is 0 Å². The van der Waals surface area contributed by atoms with Gasteiger partial charge in [-0.2, -0.15) is 0 Å². The predicted molar refractivity (Wildman–Crippen MR) is 98.2 cm³/mol. The molecule has 4 heteroatoms. The molecule has 4 saturated carbocycles. The number of carbonyl (C=O) groups excluding carboxylic acids is 1. The highest BCUT2D eigenvalue weighted by Crippen LogP contribution is 2.71. The molecule has 0 spiro atoms. The van der Waals surface area contributed by atoms with Gasteiger partial charge in [-0.15, -0.1) is 0 Å². The largest absolute Gasteiger partial charge is 0.460 e. The smallest absolute Gasteiger partial charge is 0.323 e. The van der Waals surface area contributed by atoms with Crippen molar-refractivity contribution < 1.29 is 14.6 Å². The Labute approximate surface area is 155 Å². The van der Waals surface area contributed by atoms with Crippen LogP contribution in [0.1, 0.15) is 44.1 Å². The van der Waals surface area contributed by atoms with Gasteiger partial charge in [-0.25, -0.2) is 0 Å². The lowest BCUT2D eigenvalue weighted by atomic mass is 9.75. The summed E-state index contributed by atoms with van der Waals surface area (Å²) in [5, 5.41) is 11.1. The van der Waals surface area contributed by atoms with E-state index in [4.69, 9.17) is 4.74 Å². The zero-order valence-electron chi connectivity index (χ0n) is 15.3. The van der Waals surface area contributed by atoms with Crippen LogP contribution >= 0.6 is 0 Å². The van der Waals surface area contributed by atoms with Gasteiger partial charge in [0.2, 0.25) is 0 Å². The van der Waals surface area contributed by atoms with E-state index in [0.29, 0.717) is 13.2 Å². The van der Waals surface area contributed by atoms with Gasteiger partial charge in [-0.05, 0) is 68.4 Å². The fourth-order valence-corrected chi connectivity index (χ4v) is 6.66. The molecule has 4 bridgehead atoms. The maximum atomic E-state index is 12.6. The zero-order valence-corrected chi connectivity index (χ0v) is 15.3. The molecule has 4 atom stereocenters. The number of rotatable bonds is 6. The molecule has 26 heavy (non-hydrogen) atoms. The molecule has 3 unspecified atom stereocenters. The van der Waals surface area contributed by atoms with Crippen LogP contribution in [0.2, 0.25) is 0 Å². The van der Waals surface area contributed by atoms with Gasteiger partial charge < -0.3 is 9.84 Å². The highest BCUT2D eigenvalue weighted by atomic mass is 16.5. The lowest BCUT2D eigenvalue weighted by Crippen LogP contribution is -2.47. The Balaban J connectivity index is 1.20. The number of esters is 1. The second-order valence-electron chi connectivity index (χ2n) is 9.09. The summed E-state index contributed by atoms with van der Waals surface area (Å²) in [6, 6.07) is 9.66. The average Bonchev–Trinajstić information content (AvgIpc) is 3.43. The van der Waals surface area contributed by atoms with Gasteiger partial charge >= 0.3 is 5.97 Å². The standard InChI is InChI=1S/C22H29NO3/c24-20(22-11-16-9-18(22)10-17(16)12-22)13-23-8-4-7-19(23)21(25)26-14-15-5-2-1-3-6-15/h1-3,5-6,16-20,24H,4,7-14H2/t16?,17?,18?,19-,20?,22?/m0/s1. The first-order valence-electron chi connectivity index (χ1n) is 10.3. The van der Waals surface area contributed by atoms with E-state index in [-0.39, 0.29) is 23.5 Å². The second-order valence-corrected chi connectivity index (χ2v) is 9.09. The number of hydrogen-bond acceptors (Lipinski definition) is 4. The fraction of sp³-hybridized carbons (Fsp3) is 0.682. The summed E-state index contributed by atoms with van der Waals surface area (Å²) in [7, 11) is 0. The third-order valence-electron chi connectivity index (χ3n) is 7.87. The van der Waals surface area contributed by atoms with Crippen molar-refractivity contribution in [3.05, 3.63) is 35.9 Å².